The minimum Gasteiger partial charge on any atom is -0.366 e. The second kappa shape index (κ2) is 7.81. The Bertz CT molecular complexity index is 914. The van der Waals surface area contributed by atoms with Gasteiger partial charge in [-0.1, -0.05) is 6.07 Å². The van der Waals surface area contributed by atoms with Gasteiger partial charge in [0.1, 0.15) is 17.8 Å². The van der Waals surface area contributed by atoms with E-state index in [0.717, 1.165) is 17.7 Å². The zero-order chi connectivity index (χ0) is 19.3. The van der Waals surface area contributed by atoms with Crippen molar-refractivity contribution in [1.82, 2.24) is 15.0 Å². The summed E-state index contributed by atoms with van der Waals surface area (Å²) in [5, 5.41) is 5.55. The Kier molecular flexibility index (Phi) is 5.30. The highest BCUT2D eigenvalue weighted by molar-refractivity contribution is 6.03. The summed E-state index contributed by atoms with van der Waals surface area (Å²) in [6.07, 6.45) is 0.168. The van der Waals surface area contributed by atoms with Crippen molar-refractivity contribution in [1.29, 1.82) is 0 Å². The fourth-order valence-electron chi connectivity index (χ4n) is 2.21. The molecular weight excluding hydrogens is 359 g/mol. The lowest BCUT2D eigenvalue weighted by Gasteiger charge is -2.09. The van der Waals surface area contributed by atoms with Gasteiger partial charge in [0.2, 0.25) is 0 Å². The van der Waals surface area contributed by atoms with Crippen molar-refractivity contribution in [3.63, 3.8) is 0 Å². The minimum absolute atomic E-state index is 0.0820. The number of carbonyl (C=O) groups excluding carboxylic acids is 1. The quantitative estimate of drug-likeness (QED) is 0.712. The Hall–Kier alpha value is -3.49. The lowest BCUT2D eigenvalue weighted by molar-refractivity contribution is -0.137. The van der Waals surface area contributed by atoms with E-state index in [1.807, 2.05) is 6.07 Å². The molecule has 0 aliphatic heterocycles. The average molecular weight is 373 g/mol. The first-order chi connectivity index (χ1) is 12.9. The van der Waals surface area contributed by atoms with Gasteiger partial charge in [0.05, 0.1) is 5.56 Å². The van der Waals surface area contributed by atoms with Crippen LogP contribution in [0.2, 0.25) is 0 Å². The van der Waals surface area contributed by atoms with E-state index in [9.17, 15) is 18.0 Å². The van der Waals surface area contributed by atoms with Gasteiger partial charge in [-0.15, -0.1) is 0 Å². The lowest BCUT2D eigenvalue weighted by atomic mass is 10.2. The Morgan fingerprint density at radius 2 is 1.85 bits per heavy atom. The maximum atomic E-state index is 12.6. The SMILES string of the molecule is O=C(Nc1ccc(C(F)(F)F)cc1)c1cc(NCc2cccnc2)ncn1. The molecule has 0 aliphatic carbocycles. The number of pyridine rings is 1. The fourth-order valence-corrected chi connectivity index (χ4v) is 2.21. The lowest BCUT2D eigenvalue weighted by Crippen LogP contribution is -2.15. The van der Waals surface area contributed by atoms with Crippen molar-refractivity contribution < 1.29 is 18.0 Å². The smallest absolute Gasteiger partial charge is 0.366 e. The van der Waals surface area contributed by atoms with Crippen LogP contribution in [0.4, 0.5) is 24.7 Å². The largest absolute Gasteiger partial charge is 0.416 e. The highest BCUT2D eigenvalue weighted by atomic mass is 19.4. The Morgan fingerprint density at radius 3 is 2.52 bits per heavy atom. The number of alkyl halides is 3. The summed E-state index contributed by atoms with van der Waals surface area (Å²) in [6.45, 7) is 0.463. The molecule has 3 aromatic rings. The number of anilines is 2. The first-order valence-corrected chi connectivity index (χ1v) is 7.85. The molecule has 2 N–H and O–H groups in total. The van der Waals surface area contributed by atoms with Crippen molar-refractivity contribution in [3.05, 3.63) is 78.0 Å². The molecule has 0 aliphatic rings. The van der Waals surface area contributed by atoms with E-state index in [-0.39, 0.29) is 11.4 Å². The summed E-state index contributed by atoms with van der Waals surface area (Å²) in [4.78, 5) is 24.2. The molecule has 0 unspecified atom stereocenters. The van der Waals surface area contributed by atoms with Crippen LogP contribution < -0.4 is 10.6 Å². The Balaban J connectivity index is 1.64. The van der Waals surface area contributed by atoms with Crippen molar-refractivity contribution >= 4 is 17.4 Å². The number of nitrogens with zero attached hydrogens (tertiary/aromatic N) is 3. The summed E-state index contributed by atoms with van der Waals surface area (Å²) >= 11 is 0. The van der Waals surface area contributed by atoms with Crippen LogP contribution in [0.1, 0.15) is 21.6 Å². The molecule has 0 saturated carbocycles. The molecule has 0 bridgehead atoms. The van der Waals surface area contributed by atoms with E-state index >= 15 is 0 Å². The third kappa shape index (κ3) is 5.00. The maximum absolute atomic E-state index is 12.6. The topological polar surface area (TPSA) is 79.8 Å². The standard InChI is InChI=1S/C18H14F3N5O/c19-18(20,21)13-3-5-14(6-4-13)26-17(27)15-8-16(25-11-24-15)23-10-12-2-1-7-22-9-12/h1-9,11H,10H2,(H,26,27)(H,23,24,25). The number of halogens is 3. The molecule has 2 aromatic heterocycles. The van der Waals surface area contributed by atoms with Crippen molar-refractivity contribution in [2.75, 3.05) is 10.6 Å². The van der Waals surface area contributed by atoms with Crippen LogP contribution in [-0.2, 0) is 12.7 Å². The van der Waals surface area contributed by atoms with Crippen LogP contribution in [0.5, 0.6) is 0 Å². The molecule has 6 nitrogen and oxygen atoms in total. The second-order valence-electron chi connectivity index (χ2n) is 5.53. The highest BCUT2D eigenvalue weighted by Crippen LogP contribution is 2.29. The van der Waals surface area contributed by atoms with Gasteiger partial charge in [-0.05, 0) is 35.9 Å². The van der Waals surface area contributed by atoms with Crippen LogP contribution >= 0.6 is 0 Å². The van der Waals surface area contributed by atoms with Crippen molar-refractivity contribution in [3.8, 4) is 0 Å². The van der Waals surface area contributed by atoms with E-state index in [2.05, 4.69) is 25.6 Å². The summed E-state index contributed by atoms with van der Waals surface area (Å²) in [5.41, 5.74) is 0.464. The van der Waals surface area contributed by atoms with Crippen molar-refractivity contribution in [2.24, 2.45) is 0 Å². The Morgan fingerprint density at radius 1 is 1.07 bits per heavy atom. The van der Waals surface area contributed by atoms with Crippen molar-refractivity contribution in [2.45, 2.75) is 12.7 Å². The number of aromatic nitrogens is 3. The van der Waals surface area contributed by atoms with Gasteiger partial charge in [0, 0.05) is 30.7 Å². The number of rotatable bonds is 5. The molecule has 1 amide bonds. The van der Waals surface area contributed by atoms with Crippen LogP contribution in [0.25, 0.3) is 0 Å². The van der Waals surface area contributed by atoms with Crippen LogP contribution in [-0.4, -0.2) is 20.9 Å². The van der Waals surface area contributed by atoms with Crippen LogP contribution in [0.3, 0.4) is 0 Å². The first-order valence-electron chi connectivity index (χ1n) is 7.85. The number of hydrogen-bond donors (Lipinski definition) is 2. The van der Waals surface area contributed by atoms with Gasteiger partial charge in [-0.25, -0.2) is 9.97 Å². The summed E-state index contributed by atoms with van der Waals surface area (Å²) in [6, 6.07) is 9.31. The predicted octanol–water partition coefficient (Wildman–Crippen LogP) is 3.75. The molecule has 3 rings (SSSR count). The third-order valence-electron chi connectivity index (χ3n) is 3.57. The zero-order valence-electron chi connectivity index (χ0n) is 13.9. The molecule has 138 valence electrons. The number of hydrogen-bond acceptors (Lipinski definition) is 5. The maximum Gasteiger partial charge on any atom is 0.416 e. The van der Waals surface area contributed by atoms with E-state index in [0.29, 0.717) is 12.4 Å². The number of benzene rings is 1. The molecule has 9 heteroatoms. The first kappa shape index (κ1) is 18.3. The fraction of sp³-hybridized carbons (Fsp3) is 0.111. The third-order valence-corrected chi connectivity index (χ3v) is 3.57. The van der Waals surface area contributed by atoms with E-state index in [1.54, 1.807) is 18.5 Å². The molecule has 0 radical (unpaired) electrons. The normalized spacial score (nSPS) is 11.1. The number of nitrogens with one attached hydrogen (secondary N) is 2. The second-order valence-corrected chi connectivity index (χ2v) is 5.53. The molecule has 2 heterocycles. The van der Waals surface area contributed by atoms with Gasteiger partial charge in [-0.3, -0.25) is 9.78 Å². The summed E-state index contributed by atoms with van der Waals surface area (Å²) in [5.74, 6) is -0.118. The van der Waals surface area contributed by atoms with Crippen LogP contribution in [0.15, 0.2) is 61.2 Å². The summed E-state index contributed by atoms with van der Waals surface area (Å²) < 4.78 is 37.7. The van der Waals surface area contributed by atoms with Gasteiger partial charge >= 0.3 is 6.18 Å². The molecule has 0 saturated heterocycles. The van der Waals surface area contributed by atoms with Gasteiger partial charge < -0.3 is 10.6 Å². The predicted molar refractivity (Wildman–Crippen MR) is 93.0 cm³/mol. The molecule has 1 aromatic carbocycles. The minimum atomic E-state index is -4.43. The van der Waals surface area contributed by atoms with E-state index < -0.39 is 17.6 Å². The monoisotopic (exact) mass is 373 g/mol. The van der Waals surface area contributed by atoms with Gasteiger partial charge in [-0.2, -0.15) is 13.2 Å². The Labute approximate surface area is 152 Å². The molecule has 0 atom stereocenters. The van der Waals surface area contributed by atoms with E-state index in [1.165, 1.54) is 24.5 Å². The number of carbonyl (C=O) groups is 1. The molecule has 0 fully saturated rings. The van der Waals surface area contributed by atoms with E-state index in [4.69, 9.17) is 0 Å². The van der Waals surface area contributed by atoms with Crippen LogP contribution in [0, 0.1) is 0 Å². The zero-order valence-corrected chi connectivity index (χ0v) is 13.9. The summed E-state index contributed by atoms with van der Waals surface area (Å²) in [7, 11) is 0. The molecule has 0 spiro atoms. The highest BCUT2D eigenvalue weighted by Gasteiger charge is 2.30. The molecular formula is C18H14F3N5O. The van der Waals surface area contributed by atoms with Gasteiger partial charge in [0.15, 0.2) is 0 Å². The average Bonchev–Trinajstić information content (AvgIpc) is 2.67. The number of amides is 1. The van der Waals surface area contributed by atoms with Gasteiger partial charge in [0.25, 0.3) is 5.91 Å². The molecule has 27 heavy (non-hydrogen) atoms.